The van der Waals surface area contributed by atoms with Crippen LogP contribution < -0.4 is 13.8 Å². The molecule has 0 aliphatic rings. The highest BCUT2D eigenvalue weighted by Gasteiger charge is 2.40. The zero-order chi connectivity index (χ0) is 31.7. The highest BCUT2D eigenvalue weighted by molar-refractivity contribution is 9.10. The van der Waals surface area contributed by atoms with Gasteiger partial charge < -0.3 is 19.0 Å². The number of ether oxygens (including phenoxy) is 2. The molecule has 43 heavy (non-hydrogen) atoms. The molecule has 0 aliphatic heterocycles. The van der Waals surface area contributed by atoms with Gasteiger partial charge in [0.25, 0.3) is 0 Å². The maximum Gasteiger partial charge on any atom is 0.246 e. The first-order valence-corrected chi connectivity index (χ1v) is 19.8. The summed E-state index contributed by atoms with van der Waals surface area (Å²) in [6, 6.07) is 12.8. The number of sulfonamides is 1. The van der Waals surface area contributed by atoms with E-state index < -0.39 is 29.5 Å². The maximum absolute atomic E-state index is 14.5. The number of anilines is 1. The molecule has 4 aromatic rings. The second-order valence-electron chi connectivity index (χ2n) is 11.5. The normalized spacial score (nSPS) is 13.5. The maximum atomic E-state index is 14.5. The van der Waals surface area contributed by atoms with Gasteiger partial charge in [-0.3, -0.25) is 9.55 Å². The van der Waals surface area contributed by atoms with Gasteiger partial charge in [-0.15, -0.1) is 10.2 Å². The first kappa shape index (κ1) is 32.7. The molecular weight excluding hydrogens is 654 g/mol. The van der Waals surface area contributed by atoms with Crippen LogP contribution in [0.25, 0.3) is 17.3 Å². The summed E-state index contributed by atoms with van der Waals surface area (Å²) < 4.78 is 50.0. The molecule has 0 saturated heterocycles. The molecule has 0 amide bonds. The molecule has 0 saturated carbocycles. The molecule has 1 aromatic carbocycles. The van der Waals surface area contributed by atoms with Crippen LogP contribution in [0.3, 0.4) is 0 Å². The second kappa shape index (κ2) is 12.8. The Balaban J connectivity index is 1.96. The van der Waals surface area contributed by atoms with Crippen LogP contribution in [0, 0.1) is 13.8 Å². The number of rotatable bonds is 12. The fourth-order valence-electron chi connectivity index (χ4n) is 4.52. The largest absolute Gasteiger partial charge is 0.494 e. The summed E-state index contributed by atoms with van der Waals surface area (Å²) in [6.07, 6.45) is -1.41. The summed E-state index contributed by atoms with van der Waals surface area (Å²) in [6.45, 7) is 11.7. The first-order valence-electron chi connectivity index (χ1n) is 13.8. The van der Waals surface area contributed by atoms with Gasteiger partial charge in [0.1, 0.15) is 34.3 Å². The predicted octanol–water partition coefficient (Wildman–Crippen LogP) is 5.92. The Bertz CT molecular complexity index is 1680. The molecule has 3 aromatic heterocycles. The molecule has 14 heteroatoms. The highest BCUT2D eigenvalue weighted by atomic mass is 79.9. The zero-order valence-electron chi connectivity index (χ0n) is 25.6. The smallest absolute Gasteiger partial charge is 0.246 e. The number of halogens is 1. The van der Waals surface area contributed by atoms with Crippen molar-refractivity contribution in [2.24, 2.45) is 0 Å². The van der Waals surface area contributed by atoms with Gasteiger partial charge in [0.05, 0.1) is 25.6 Å². The van der Waals surface area contributed by atoms with Gasteiger partial charge in [0.2, 0.25) is 21.8 Å². The van der Waals surface area contributed by atoms with Crippen molar-refractivity contribution in [2.45, 2.75) is 57.8 Å². The van der Waals surface area contributed by atoms with Crippen LogP contribution in [0.1, 0.15) is 30.2 Å². The van der Waals surface area contributed by atoms with Crippen molar-refractivity contribution in [1.82, 2.24) is 19.7 Å². The van der Waals surface area contributed by atoms with Crippen LogP contribution in [0.5, 0.6) is 11.5 Å². The van der Waals surface area contributed by atoms with Crippen molar-refractivity contribution in [2.75, 3.05) is 25.1 Å². The number of pyridine rings is 1. The third-order valence-electron chi connectivity index (χ3n) is 7.09. The van der Waals surface area contributed by atoms with Crippen molar-refractivity contribution in [3.8, 4) is 28.8 Å². The van der Waals surface area contributed by atoms with Crippen molar-refractivity contribution >= 4 is 40.0 Å². The lowest BCUT2D eigenvalue weighted by molar-refractivity contribution is 0.171. The summed E-state index contributed by atoms with van der Waals surface area (Å²) in [5.74, 6) is 2.14. The summed E-state index contributed by atoms with van der Waals surface area (Å²) >= 11 is 3.41. The number of hydrogen-bond acceptors (Lipinski definition) is 9. The Kier molecular flexibility index (Phi) is 9.74. The minimum atomic E-state index is -4.26. The Morgan fingerprint density at radius 1 is 1.05 bits per heavy atom. The Labute approximate surface area is 262 Å². The zero-order valence-corrected chi connectivity index (χ0v) is 29.0. The Hall–Kier alpha value is -3.20. The van der Waals surface area contributed by atoms with Gasteiger partial charge >= 0.3 is 0 Å². The average molecular weight is 693 g/mol. The number of aromatic nitrogens is 4. The van der Waals surface area contributed by atoms with Crippen molar-refractivity contribution in [3.63, 3.8) is 0 Å². The van der Waals surface area contributed by atoms with Gasteiger partial charge in [-0.05, 0) is 79.1 Å². The number of aryl methyl sites for hydroxylation is 2. The SMILES string of the molecule is COc1cccc(OC)c1-n1c(-c2ccc(C)o2)nnc1N(CC[Si](C)(C)C)S(=O)(=O)[C@H](C)[C@H](O)c1ccc(Br)c(C)n1. The van der Waals surface area contributed by atoms with Gasteiger partial charge in [0.15, 0.2) is 5.76 Å². The van der Waals surface area contributed by atoms with E-state index in [-0.39, 0.29) is 24.0 Å². The number of aliphatic hydroxyl groups is 1. The van der Waals surface area contributed by atoms with E-state index >= 15 is 0 Å². The van der Waals surface area contributed by atoms with Gasteiger partial charge in [-0.1, -0.05) is 25.7 Å². The molecular formula is C29H38BrN5O6SSi. The number of nitrogens with zero attached hydrogens (tertiary/aromatic N) is 5. The number of aliphatic hydroxyl groups excluding tert-OH is 1. The molecule has 0 fully saturated rings. The summed E-state index contributed by atoms with van der Waals surface area (Å²) in [5.41, 5.74) is 1.29. The van der Waals surface area contributed by atoms with E-state index in [4.69, 9.17) is 13.9 Å². The fourth-order valence-corrected chi connectivity index (χ4v) is 7.36. The molecule has 0 radical (unpaired) electrons. The predicted molar refractivity (Wildman–Crippen MR) is 172 cm³/mol. The van der Waals surface area contributed by atoms with E-state index in [2.05, 4.69) is 50.8 Å². The van der Waals surface area contributed by atoms with Gasteiger partial charge in [-0.2, -0.15) is 0 Å². The van der Waals surface area contributed by atoms with E-state index in [0.717, 1.165) is 4.47 Å². The molecule has 0 unspecified atom stereocenters. The van der Waals surface area contributed by atoms with Crippen LogP contribution in [-0.4, -0.2) is 67.4 Å². The van der Waals surface area contributed by atoms with E-state index in [1.54, 1.807) is 60.9 Å². The molecule has 2 atom stereocenters. The molecule has 1 N–H and O–H groups in total. The lowest BCUT2D eigenvalue weighted by Crippen LogP contribution is -2.44. The second-order valence-corrected chi connectivity index (χ2v) is 20.2. The van der Waals surface area contributed by atoms with Crippen LogP contribution in [0.2, 0.25) is 25.7 Å². The Morgan fingerprint density at radius 3 is 2.23 bits per heavy atom. The molecule has 3 heterocycles. The van der Waals surface area contributed by atoms with E-state index in [9.17, 15) is 13.5 Å². The third-order valence-corrected chi connectivity index (χ3v) is 11.8. The molecule has 0 spiro atoms. The number of methoxy groups -OCH3 is 2. The summed E-state index contributed by atoms with van der Waals surface area (Å²) in [7, 11) is -2.99. The molecule has 0 bridgehead atoms. The quantitative estimate of drug-likeness (QED) is 0.180. The first-order chi connectivity index (χ1) is 20.2. The van der Waals surface area contributed by atoms with E-state index in [0.29, 0.717) is 40.4 Å². The average Bonchev–Trinajstić information content (AvgIpc) is 3.58. The summed E-state index contributed by atoms with van der Waals surface area (Å²) in [4.78, 5) is 4.43. The number of benzene rings is 1. The van der Waals surface area contributed by atoms with E-state index in [1.165, 1.54) is 25.4 Å². The highest BCUT2D eigenvalue weighted by Crippen LogP contribution is 2.40. The van der Waals surface area contributed by atoms with Crippen molar-refractivity contribution in [3.05, 3.63) is 64.1 Å². The molecule has 4 rings (SSSR count). The van der Waals surface area contributed by atoms with Crippen LogP contribution in [0.15, 0.2) is 51.4 Å². The minimum absolute atomic E-state index is 0.0177. The Morgan fingerprint density at radius 2 is 1.70 bits per heavy atom. The van der Waals surface area contributed by atoms with Crippen molar-refractivity contribution < 1.29 is 27.4 Å². The monoisotopic (exact) mass is 691 g/mol. The fraction of sp³-hybridized carbons (Fsp3) is 0.414. The van der Waals surface area contributed by atoms with Gasteiger partial charge in [0, 0.05) is 19.1 Å². The van der Waals surface area contributed by atoms with Crippen LogP contribution in [-0.2, 0) is 10.0 Å². The lowest BCUT2D eigenvalue weighted by Gasteiger charge is -2.31. The minimum Gasteiger partial charge on any atom is -0.494 e. The lowest BCUT2D eigenvalue weighted by atomic mass is 10.1. The van der Waals surface area contributed by atoms with Crippen LogP contribution >= 0.6 is 15.9 Å². The van der Waals surface area contributed by atoms with Gasteiger partial charge in [-0.25, -0.2) is 12.7 Å². The van der Waals surface area contributed by atoms with Crippen LogP contribution in [0.4, 0.5) is 5.95 Å². The van der Waals surface area contributed by atoms with Crippen molar-refractivity contribution in [1.29, 1.82) is 0 Å². The number of furan rings is 1. The summed E-state index contributed by atoms with van der Waals surface area (Å²) in [5, 5.41) is 18.9. The molecule has 0 aliphatic carbocycles. The number of hydrogen-bond donors (Lipinski definition) is 1. The third kappa shape index (κ3) is 6.81. The molecule has 11 nitrogen and oxygen atoms in total. The standard InChI is InChI=1S/C29H38BrN5O6SSi/c1-18-12-15-25(41-18)28-32-33-29(35(28)26-23(39-4)10-9-11-24(26)40-5)34(16-17-43(6,7)8)42(37,38)20(3)27(36)22-14-13-21(30)19(2)31-22/h9-15,20,27,36H,16-17H2,1-8H3/t20-,27+/m1/s1. The van der Waals surface area contributed by atoms with E-state index in [1.807, 2.05) is 0 Å². The molecule has 232 valence electrons. The number of para-hydroxylation sites is 1. The topological polar surface area (TPSA) is 133 Å².